The van der Waals surface area contributed by atoms with Gasteiger partial charge in [0.25, 0.3) is 0 Å². The molecule has 1 saturated carbocycles. The second-order valence-corrected chi connectivity index (χ2v) is 7.82. The van der Waals surface area contributed by atoms with E-state index in [1.807, 2.05) is 37.4 Å². The van der Waals surface area contributed by atoms with Gasteiger partial charge in [0.2, 0.25) is 0 Å². The summed E-state index contributed by atoms with van der Waals surface area (Å²) < 4.78 is 5.77. The highest BCUT2D eigenvalue weighted by atomic mass is 16.3. The predicted molar refractivity (Wildman–Crippen MR) is 120 cm³/mol. The molecule has 0 radical (unpaired) electrons. The molecule has 1 fully saturated rings. The minimum absolute atomic E-state index is 0.621. The minimum Gasteiger partial charge on any atom is -0.448 e. The zero-order valence-electron chi connectivity index (χ0n) is 17.1. The monoisotopic (exact) mass is 384 g/mol. The highest BCUT2D eigenvalue weighted by Crippen LogP contribution is 2.39. The van der Waals surface area contributed by atoms with Gasteiger partial charge < -0.3 is 4.42 Å². The molecule has 2 heterocycles. The first-order chi connectivity index (χ1) is 14.3. The van der Waals surface area contributed by atoms with E-state index in [1.54, 1.807) is 6.26 Å². The van der Waals surface area contributed by atoms with Crippen molar-refractivity contribution in [2.45, 2.75) is 44.9 Å². The molecule has 1 aliphatic rings. The maximum Gasteiger partial charge on any atom is 0.194 e. The maximum absolute atomic E-state index is 5.77. The lowest BCUT2D eigenvalue weighted by molar-refractivity contribution is 0.305. The van der Waals surface area contributed by atoms with Crippen molar-refractivity contribution in [3.05, 3.63) is 90.8 Å². The number of pyridine rings is 1. The molecule has 3 nitrogen and oxygen atoms in total. The van der Waals surface area contributed by atoms with Gasteiger partial charge in [0.1, 0.15) is 12.0 Å². The Morgan fingerprint density at radius 3 is 2.79 bits per heavy atom. The van der Waals surface area contributed by atoms with Gasteiger partial charge in [-0.05, 0) is 62.1 Å². The Labute approximate surface area is 172 Å². The number of oxazole rings is 1. The van der Waals surface area contributed by atoms with Gasteiger partial charge >= 0.3 is 0 Å². The van der Waals surface area contributed by atoms with Crippen molar-refractivity contribution in [1.29, 1.82) is 0 Å². The average Bonchev–Trinajstić information content (AvgIpc) is 3.23. The van der Waals surface area contributed by atoms with Crippen LogP contribution >= 0.6 is 0 Å². The molecule has 0 amide bonds. The van der Waals surface area contributed by atoms with Crippen LogP contribution in [0.25, 0.3) is 16.5 Å². The fourth-order valence-electron chi connectivity index (χ4n) is 4.39. The zero-order chi connectivity index (χ0) is 20.1. The predicted octanol–water partition coefficient (Wildman–Crippen LogP) is 6.88. The molecule has 0 N–H and O–H groups in total. The quantitative estimate of drug-likeness (QED) is 0.435. The second kappa shape index (κ2) is 9.04. The third-order valence-electron chi connectivity index (χ3n) is 5.97. The molecular formula is C26H28N2O. The van der Waals surface area contributed by atoms with E-state index in [2.05, 4.69) is 41.9 Å². The first kappa shape index (κ1) is 19.4. The summed E-state index contributed by atoms with van der Waals surface area (Å²) in [5.74, 6) is 2.10. The van der Waals surface area contributed by atoms with E-state index in [4.69, 9.17) is 9.40 Å². The summed E-state index contributed by atoms with van der Waals surface area (Å²) in [4.78, 5) is 9.21. The summed E-state index contributed by atoms with van der Waals surface area (Å²) in [6, 6.07) is 10.7. The number of hydrogen-bond acceptors (Lipinski definition) is 3. The van der Waals surface area contributed by atoms with Crippen LogP contribution in [0.2, 0.25) is 0 Å². The number of benzene rings is 1. The van der Waals surface area contributed by atoms with E-state index in [9.17, 15) is 0 Å². The van der Waals surface area contributed by atoms with Crippen LogP contribution in [0.15, 0.2) is 78.1 Å². The van der Waals surface area contributed by atoms with E-state index in [1.165, 1.54) is 36.6 Å². The summed E-state index contributed by atoms with van der Waals surface area (Å²) in [6.07, 6.45) is 17.3. The summed E-state index contributed by atoms with van der Waals surface area (Å²) in [6.45, 7) is 5.88. The lowest BCUT2D eigenvalue weighted by Gasteiger charge is -2.28. The summed E-state index contributed by atoms with van der Waals surface area (Å²) in [5.41, 5.74) is 4.41. The number of hydrogen-bond donors (Lipinski definition) is 0. The first-order valence-electron chi connectivity index (χ1n) is 10.5. The number of para-hydroxylation sites is 1. The van der Waals surface area contributed by atoms with Crippen molar-refractivity contribution in [2.75, 3.05) is 0 Å². The molecule has 0 unspecified atom stereocenters. The number of nitrogens with zero attached hydrogens (tertiary/aromatic N) is 2. The van der Waals surface area contributed by atoms with Gasteiger partial charge in [-0.1, -0.05) is 49.1 Å². The standard InChI is InChI=1S/C26H28N2O/c1-3-5-8-20(4-2)25-18-29-26(28-25)17-19-11-13-21(14-12-19)22-15-16-27-24-10-7-6-9-23(22)24/h3-10,15-16,18-19,21H,2,11-14,17H2,1H3/b5-3-,20-8+. The Balaban J connectivity index is 1.40. The van der Waals surface area contributed by atoms with E-state index in [0.717, 1.165) is 29.1 Å². The number of rotatable bonds is 6. The average molecular weight is 385 g/mol. The lowest BCUT2D eigenvalue weighted by atomic mass is 9.77. The zero-order valence-corrected chi connectivity index (χ0v) is 17.1. The van der Waals surface area contributed by atoms with Gasteiger partial charge in [-0.15, -0.1) is 0 Å². The molecule has 0 bridgehead atoms. The van der Waals surface area contributed by atoms with Gasteiger partial charge in [-0.2, -0.15) is 0 Å². The third-order valence-corrected chi connectivity index (χ3v) is 5.97. The van der Waals surface area contributed by atoms with Gasteiger partial charge in [-0.3, -0.25) is 4.98 Å². The molecule has 1 aliphatic carbocycles. The summed E-state index contributed by atoms with van der Waals surface area (Å²) in [7, 11) is 0. The molecule has 0 spiro atoms. The van der Waals surface area contributed by atoms with Crippen molar-refractivity contribution >= 4 is 16.5 Å². The minimum atomic E-state index is 0.621. The van der Waals surface area contributed by atoms with Crippen LogP contribution in [0.5, 0.6) is 0 Å². The number of aromatic nitrogens is 2. The molecule has 2 aromatic heterocycles. The first-order valence-corrected chi connectivity index (χ1v) is 10.5. The topological polar surface area (TPSA) is 38.9 Å². The highest BCUT2D eigenvalue weighted by Gasteiger charge is 2.25. The third kappa shape index (κ3) is 4.40. The van der Waals surface area contributed by atoms with Crippen LogP contribution in [-0.4, -0.2) is 9.97 Å². The molecule has 3 aromatic rings. The normalized spacial score (nSPS) is 20.4. The van der Waals surface area contributed by atoms with E-state index < -0.39 is 0 Å². The Kier molecular flexibility index (Phi) is 6.04. The fraction of sp³-hybridized carbons (Fsp3) is 0.308. The molecule has 1 aromatic carbocycles. The molecule has 148 valence electrons. The molecule has 29 heavy (non-hydrogen) atoms. The van der Waals surface area contributed by atoms with Crippen molar-refractivity contribution in [1.82, 2.24) is 9.97 Å². The van der Waals surface area contributed by atoms with Gasteiger partial charge in [-0.25, -0.2) is 4.98 Å². The lowest BCUT2D eigenvalue weighted by Crippen LogP contribution is -2.15. The molecule has 3 heteroatoms. The fourth-order valence-corrected chi connectivity index (χ4v) is 4.39. The van der Waals surface area contributed by atoms with Crippen LogP contribution in [-0.2, 0) is 6.42 Å². The van der Waals surface area contributed by atoms with Crippen molar-refractivity contribution < 1.29 is 4.42 Å². The summed E-state index contributed by atoms with van der Waals surface area (Å²) in [5, 5.41) is 1.31. The van der Waals surface area contributed by atoms with Crippen LogP contribution in [0.4, 0.5) is 0 Å². The molecular weight excluding hydrogens is 356 g/mol. The number of fused-ring (bicyclic) bond motifs is 1. The smallest absolute Gasteiger partial charge is 0.194 e. The molecule has 0 atom stereocenters. The number of allylic oxidation sites excluding steroid dienone is 5. The van der Waals surface area contributed by atoms with Crippen LogP contribution in [0, 0.1) is 5.92 Å². The molecule has 4 rings (SSSR count). The van der Waals surface area contributed by atoms with Crippen molar-refractivity contribution in [3.63, 3.8) is 0 Å². The largest absolute Gasteiger partial charge is 0.448 e. The van der Waals surface area contributed by atoms with Gasteiger partial charge in [0.05, 0.1) is 5.52 Å². The Bertz CT molecular complexity index is 1030. The van der Waals surface area contributed by atoms with Crippen molar-refractivity contribution in [2.24, 2.45) is 5.92 Å². The van der Waals surface area contributed by atoms with Gasteiger partial charge in [0, 0.05) is 23.6 Å². The van der Waals surface area contributed by atoms with E-state index in [-0.39, 0.29) is 0 Å². The Morgan fingerprint density at radius 2 is 2.00 bits per heavy atom. The summed E-state index contributed by atoms with van der Waals surface area (Å²) >= 11 is 0. The second-order valence-electron chi connectivity index (χ2n) is 7.82. The highest BCUT2D eigenvalue weighted by molar-refractivity contribution is 5.82. The maximum atomic E-state index is 5.77. The molecule has 0 saturated heterocycles. The van der Waals surface area contributed by atoms with Crippen LogP contribution in [0.1, 0.15) is 55.7 Å². The van der Waals surface area contributed by atoms with Crippen molar-refractivity contribution in [3.8, 4) is 0 Å². The van der Waals surface area contributed by atoms with E-state index in [0.29, 0.717) is 11.8 Å². The Morgan fingerprint density at radius 1 is 1.17 bits per heavy atom. The molecule has 0 aliphatic heterocycles. The van der Waals surface area contributed by atoms with E-state index >= 15 is 0 Å². The van der Waals surface area contributed by atoms with Gasteiger partial charge in [0.15, 0.2) is 5.89 Å². The van der Waals surface area contributed by atoms with Crippen LogP contribution in [0.3, 0.4) is 0 Å². The Hall–Kier alpha value is -2.94. The SMILES string of the molecule is C=C/C(=C\C=C/C)c1coc(CC2CCC(c3ccnc4ccccc34)CC2)n1. The van der Waals surface area contributed by atoms with Crippen LogP contribution < -0.4 is 0 Å².